The molecule has 0 radical (unpaired) electrons. The van der Waals surface area contributed by atoms with Gasteiger partial charge in [0, 0.05) is 6.61 Å². The quantitative estimate of drug-likeness (QED) is 0.781. The zero-order valence-corrected chi connectivity index (χ0v) is 12.3. The van der Waals surface area contributed by atoms with Crippen LogP contribution >= 0.6 is 0 Å². The molecule has 1 N–H and O–H groups in total. The van der Waals surface area contributed by atoms with Crippen LogP contribution in [0.25, 0.3) is 0 Å². The number of hydrogen-bond donors (Lipinski definition) is 1. The van der Waals surface area contributed by atoms with E-state index in [0.717, 1.165) is 24.4 Å². The Morgan fingerprint density at radius 1 is 1.11 bits per heavy atom. The van der Waals surface area contributed by atoms with Gasteiger partial charge in [0.1, 0.15) is 0 Å². The van der Waals surface area contributed by atoms with Crippen LogP contribution in [0, 0.1) is 17.8 Å². The molecule has 1 saturated carbocycles. The van der Waals surface area contributed by atoms with Gasteiger partial charge in [-0.25, -0.2) is 0 Å². The maximum Gasteiger partial charge on any atom is 0.0576 e. The first-order valence-corrected chi connectivity index (χ1v) is 8.05. The van der Waals surface area contributed by atoms with E-state index in [1.807, 2.05) is 0 Å². The van der Waals surface area contributed by atoms with Crippen LogP contribution in [0.15, 0.2) is 0 Å². The third-order valence-corrected chi connectivity index (χ3v) is 4.99. The van der Waals surface area contributed by atoms with Gasteiger partial charge in [0.2, 0.25) is 0 Å². The van der Waals surface area contributed by atoms with E-state index in [1.165, 1.54) is 57.9 Å². The molecule has 0 aromatic heterocycles. The molecule has 0 aromatic carbocycles. The van der Waals surface area contributed by atoms with Crippen LogP contribution in [0.5, 0.6) is 0 Å². The van der Waals surface area contributed by atoms with Gasteiger partial charge in [0.25, 0.3) is 0 Å². The molecule has 106 valence electrons. The van der Waals surface area contributed by atoms with Gasteiger partial charge in [0.05, 0.1) is 6.10 Å². The van der Waals surface area contributed by atoms with Gasteiger partial charge in [-0.15, -0.1) is 0 Å². The lowest BCUT2D eigenvalue weighted by Gasteiger charge is -2.35. The molecular formula is C16H31NO. The van der Waals surface area contributed by atoms with Crippen LogP contribution < -0.4 is 5.32 Å². The smallest absolute Gasteiger partial charge is 0.0576 e. The standard InChI is InChI=1S/C16H31NO/c1-13-8-9-15(12-17-2)14(11-13)5-3-6-16-7-4-10-18-16/h13-17H,3-12H2,1-2H3. The Hall–Kier alpha value is -0.0800. The molecule has 2 nitrogen and oxygen atoms in total. The molecule has 4 unspecified atom stereocenters. The predicted molar refractivity (Wildman–Crippen MR) is 76.7 cm³/mol. The molecule has 4 atom stereocenters. The highest BCUT2D eigenvalue weighted by Crippen LogP contribution is 2.36. The van der Waals surface area contributed by atoms with Crippen LogP contribution in [0.4, 0.5) is 0 Å². The summed E-state index contributed by atoms with van der Waals surface area (Å²) in [5, 5.41) is 3.39. The van der Waals surface area contributed by atoms with Gasteiger partial charge in [-0.2, -0.15) is 0 Å². The average Bonchev–Trinajstić information content (AvgIpc) is 2.86. The first-order chi connectivity index (χ1) is 8.79. The van der Waals surface area contributed by atoms with Crippen LogP contribution in [0.3, 0.4) is 0 Å². The third-order valence-electron chi connectivity index (χ3n) is 4.99. The third kappa shape index (κ3) is 4.24. The van der Waals surface area contributed by atoms with Crippen molar-refractivity contribution in [1.82, 2.24) is 5.32 Å². The summed E-state index contributed by atoms with van der Waals surface area (Å²) in [6, 6.07) is 0. The second kappa shape index (κ2) is 7.49. The van der Waals surface area contributed by atoms with Crippen molar-refractivity contribution in [3.8, 4) is 0 Å². The van der Waals surface area contributed by atoms with Crippen molar-refractivity contribution in [3.63, 3.8) is 0 Å². The summed E-state index contributed by atoms with van der Waals surface area (Å²) in [6.07, 6.45) is 11.6. The van der Waals surface area contributed by atoms with E-state index in [0.29, 0.717) is 6.10 Å². The molecule has 2 rings (SSSR count). The second-order valence-corrected chi connectivity index (χ2v) is 6.56. The number of nitrogens with one attached hydrogen (secondary N) is 1. The van der Waals surface area contributed by atoms with E-state index in [1.54, 1.807) is 0 Å². The van der Waals surface area contributed by atoms with Gasteiger partial charge < -0.3 is 10.1 Å². The average molecular weight is 253 g/mol. The Balaban J connectivity index is 1.69. The van der Waals surface area contributed by atoms with Crippen molar-refractivity contribution < 1.29 is 4.74 Å². The topological polar surface area (TPSA) is 21.3 Å². The summed E-state index contributed by atoms with van der Waals surface area (Å²) in [5.41, 5.74) is 0. The Kier molecular flexibility index (Phi) is 5.97. The molecular weight excluding hydrogens is 222 g/mol. The molecule has 18 heavy (non-hydrogen) atoms. The minimum absolute atomic E-state index is 0.591. The number of rotatable bonds is 6. The SMILES string of the molecule is CNCC1CCC(C)CC1CCCC1CCCO1. The Morgan fingerprint density at radius 3 is 2.72 bits per heavy atom. The maximum atomic E-state index is 5.73. The van der Waals surface area contributed by atoms with Crippen molar-refractivity contribution >= 4 is 0 Å². The Morgan fingerprint density at radius 2 is 2.00 bits per heavy atom. The van der Waals surface area contributed by atoms with E-state index in [9.17, 15) is 0 Å². The maximum absolute atomic E-state index is 5.73. The minimum Gasteiger partial charge on any atom is -0.378 e. The zero-order valence-electron chi connectivity index (χ0n) is 12.3. The van der Waals surface area contributed by atoms with Crippen LogP contribution in [0.1, 0.15) is 58.3 Å². The highest BCUT2D eigenvalue weighted by atomic mass is 16.5. The second-order valence-electron chi connectivity index (χ2n) is 6.56. The molecule has 0 aromatic rings. The largest absolute Gasteiger partial charge is 0.378 e. The molecule has 1 saturated heterocycles. The van der Waals surface area contributed by atoms with E-state index < -0.39 is 0 Å². The molecule has 2 fully saturated rings. The number of hydrogen-bond acceptors (Lipinski definition) is 2. The number of ether oxygens (including phenoxy) is 1. The van der Waals surface area contributed by atoms with Crippen molar-refractivity contribution in [3.05, 3.63) is 0 Å². The van der Waals surface area contributed by atoms with Crippen LogP contribution in [0.2, 0.25) is 0 Å². The molecule has 0 spiro atoms. The van der Waals surface area contributed by atoms with E-state index >= 15 is 0 Å². The molecule has 1 aliphatic heterocycles. The van der Waals surface area contributed by atoms with E-state index in [2.05, 4.69) is 19.3 Å². The van der Waals surface area contributed by atoms with Gasteiger partial charge in [-0.1, -0.05) is 26.2 Å². The van der Waals surface area contributed by atoms with Crippen molar-refractivity contribution in [2.45, 2.75) is 64.4 Å². The lowest BCUT2D eigenvalue weighted by molar-refractivity contribution is 0.0962. The molecule has 0 amide bonds. The summed E-state index contributed by atoms with van der Waals surface area (Å²) in [5.74, 6) is 2.84. The molecule has 2 heteroatoms. The highest BCUT2D eigenvalue weighted by molar-refractivity contribution is 4.80. The minimum atomic E-state index is 0.591. The molecule has 0 bridgehead atoms. The van der Waals surface area contributed by atoms with Crippen molar-refractivity contribution in [2.75, 3.05) is 20.2 Å². The fourth-order valence-corrected chi connectivity index (χ4v) is 3.93. The van der Waals surface area contributed by atoms with Crippen LogP contribution in [-0.2, 0) is 4.74 Å². The van der Waals surface area contributed by atoms with Crippen LogP contribution in [-0.4, -0.2) is 26.3 Å². The highest BCUT2D eigenvalue weighted by Gasteiger charge is 2.28. The Labute approximate surface area is 113 Å². The first kappa shape index (κ1) is 14.3. The fraction of sp³-hybridized carbons (Fsp3) is 1.00. The van der Waals surface area contributed by atoms with E-state index in [-0.39, 0.29) is 0 Å². The lowest BCUT2D eigenvalue weighted by atomic mass is 9.72. The summed E-state index contributed by atoms with van der Waals surface area (Å²) >= 11 is 0. The summed E-state index contributed by atoms with van der Waals surface area (Å²) in [4.78, 5) is 0. The van der Waals surface area contributed by atoms with Gasteiger partial charge in [-0.05, 0) is 63.5 Å². The molecule has 1 heterocycles. The lowest BCUT2D eigenvalue weighted by Crippen LogP contribution is -2.31. The molecule has 2 aliphatic rings. The monoisotopic (exact) mass is 253 g/mol. The van der Waals surface area contributed by atoms with Crippen molar-refractivity contribution in [2.24, 2.45) is 17.8 Å². The van der Waals surface area contributed by atoms with Gasteiger partial charge in [0.15, 0.2) is 0 Å². The molecule has 1 aliphatic carbocycles. The summed E-state index contributed by atoms with van der Waals surface area (Å²) in [6.45, 7) is 4.66. The predicted octanol–water partition coefficient (Wildman–Crippen LogP) is 3.61. The normalized spacial score (nSPS) is 37.0. The van der Waals surface area contributed by atoms with Gasteiger partial charge >= 0.3 is 0 Å². The van der Waals surface area contributed by atoms with Gasteiger partial charge in [-0.3, -0.25) is 0 Å². The first-order valence-electron chi connectivity index (χ1n) is 8.05. The summed E-state index contributed by atoms with van der Waals surface area (Å²) in [7, 11) is 2.10. The van der Waals surface area contributed by atoms with E-state index in [4.69, 9.17) is 4.74 Å². The fourth-order valence-electron chi connectivity index (χ4n) is 3.93. The summed E-state index contributed by atoms with van der Waals surface area (Å²) < 4.78 is 5.73. The zero-order chi connectivity index (χ0) is 12.8. The Bertz CT molecular complexity index is 225. The van der Waals surface area contributed by atoms with Crippen molar-refractivity contribution in [1.29, 1.82) is 0 Å².